The van der Waals surface area contributed by atoms with Crippen LogP contribution >= 0.6 is 11.6 Å². The predicted octanol–water partition coefficient (Wildman–Crippen LogP) is 4.79. The molecular weight excluding hydrogens is 455 g/mol. The highest BCUT2D eigenvalue weighted by atomic mass is 35.5. The predicted molar refractivity (Wildman–Crippen MR) is 127 cm³/mol. The Morgan fingerprint density at radius 2 is 1.32 bits per heavy atom. The molecule has 0 unspecified atom stereocenters. The summed E-state index contributed by atoms with van der Waals surface area (Å²) in [6, 6.07) is 3.48. The van der Waals surface area contributed by atoms with E-state index in [1.807, 2.05) is 34.6 Å². The second-order valence-electron chi connectivity index (χ2n) is 9.53. The van der Waals surface area contributed by atoms with Gasteiger partial charge in [0.1, 0.15) is 0 Å². The van der Waals surface area contributed by atoms with Crippen LogP contribution in [0.5, 0.6) is 0 Å². The van der Waals surface area contributed by atoms with Crippen LogP contribution in [0.4, 0.5) is 4.39 Å². The van der Waals surface area contributed by atoms with E-state index in [9.17, 15) is 4.39 Å². The maximum Gasteiger partial charge on any atom is 0.198 e. The quantitative estimate of drug-likeness (QED) is 0.403. The van der Waals surface area contributed by atoms with Gasteiger partial charge in [-0.2, -0.15) is 0 Å². The molecule has 8 nitrogen and oxygen atoms in total. The van der Waals surface area contributed by atoms with Crippen molar-refractivity contribution >= 4 is 11.6 Å². The molecule has 0 fully saturated rings. The zero-order chi connectivity index (χ0) is 24.5. The minimum Gasteiger partial charge on any atom is -0.234 e. The van der Waals surface area contributed by atoms with Crippen LogP contribution in [0, 0.1) is 5.82 Å². The number of halogens is 2. The third-order valence-corrected chi connectivity index (χ3v) is 5.42. The molecule has 4 aromatic rings. The van der Waals surface area contributed by atoms with Crippen LogP contribution in [-0.2, 0) is 17.3 Å². The number of aromatic nitrogens is 8. The van der Waals surface area contributed by atoms with Crippen molar-refractivity contribution in [1.29, 1.82) is 0 Å². The van der Waals surface area contributed by atoms with Crippen molar-refractivity contribution in [3.8, 4) is 23.3 Å². The number of nitrogens with zero attached hydrogens (tertiary/aromatic N) is 8. The maximum absolute atomic E-state index is 14.8. The van der Waals surface area contributed by atoms with Gasteiger partial charge in [0, 0.05) is 47.7 Å². The van der Waals surface area contributed by atoms with E-state index in [2.05, 4.69) is 39.9 Å². The number of hydrogen-bond donors (Lipinski definition) is 0. The van der Waals surface area contributed by atoms with Gasteiger partial charge in [-0.25, -0.2) is 44.3 Å². The lowest BCUT2D eigenvalue weighted by molar-refractivity contribution is 0.455. The van der Waals surface area contributed by atoms with E-state index in [0.717, 1.165) is 6.20 Å². The number of hydrogen-bond acceptors (Lipinski definition) is 8. The van der Waals surface area contributed by atoms with Crippen molar-refractivity contribution < 1.29 is 4.39 Å². The van der Waals surface area contributed by atoms with Crippen LogP contribution in [0.15, 0.2) is 43.1 Å². The van der Waals surface area contributed by atoms with Crippen LogP contribution in [0.25, 0.3) is 23.3 Å². The number of rotatable bonds is 5. The molecule has 0 aliphatic rings. The molecule has 0 atom stereocenters. The van der Waals surface area contributed by atoms with E-state index in [1.165, 1.54) is 0 Å². The van der Waals surface area contributed by atoms with E-state index in [-0.39, 0.29) is 16.9 Å². The molecule has 0 bridgehead atoms. The highest BCUT2D eigenvalue weighted by Gasteiger charge is 2.29. The fourth-order valence-electron chi connectivity index (χ4n) is 3.50. The van der Waals surface area contributed by atoms with Crippen molar-refractivity contribution in [3.05, 3.63) is 71.0 Å². The molecule has 0 saturated heterocycles. The van der Waals surface area contributed by atoms with Gasteiger partial charge in [0.05, 0.1) is 22.6 Å². The molecule has 34 heavy (non-hydrogen) atoms. The van der Waals surface area contributed by atoms with Gasteiger partial charge in [-0.1, -0.05) is 46.2 Å². The third-order valence-electron chi connectivity index (χ3n) is 5.14. The van der Waals surface area contributed by atoms with Crippen molar-refractivity contribution in [3.63, 3.8) is 0 Å². The van der Waals surface area contributed by atoms with Crippen LogP contribution in [0.3, 0.4) is 0 Å². The Kier molecular flexibility index (Phi) is 6.31. The molecule has 0 aromatic carbocycles. The minimum atomic E-state index is -0.709. The zero-order valence-electron chi connectivity index (χ0n) is 19.6. The van der Waals surface area contributed by atoms with Crippen molar-refractivity contribution in [2.45, 2.75) is 51.9 Å². The molecule has 0 radical (unpaired) electrons. The zero-order valence-corrected chi connectivity index (χ0v) is 20.3. The Morgan fingerprint density at radius 1 is 0.735 bits per heavy atom. The fraction of sp³-hybridized carbons (Fsp3) is 0.333. The summed E-state index contributed by atoms with van der Waals surface area (Å²) in [4.78, 5) is 34.7. The Labute approximate surface area is 202 Å². The van der Waals surface area contributed by atoms with E-state index < -0.39 is 11.2 Å². The van der Waals surface area contributed by atoms with Gasteiger partial charge >= 0.3 is 0 Å². The van der Waals surface area contributed by atoms with Gasteiger partial charge in [-0.3, -0.25) is 0 Å². The van der Waals surface area contributed by atoms with Crippen LogP contribution in [-0.4, -0.2) is 39.9 Å². The lowest BCUT2D eigenvalue weighted by Crippen LogP contribution is -2.25. The Bertz CT molecular complexity index is 1320. The van der Waals surface area contributed by atoms with Crippen LogP contribution in [0.1, 0.15) is 51.7 Å². The highest BCUT2D eigenvalue weighted by Crippen LogP contribution is 2.30. The second kappa shape index (κ2) is 9.06. The van der Waals surface area contributed by atoms with Gasteiger partial charge < -0.3 is 0 Å². The van der Waals surface area contributed by atoms with Gasteiger partial charge in [0.15, 0.2) is 29.1 Å². The minimum absolute atomic E-state index is 0.253. The monoisotopic (exact) mass is 478 g/mol. The molecule has 4 aromatic heterocycles. The normalized spacial score (nSPS) is 12.1. The first-order chi connectivity index (χ1) is 16.0. The first-order valence-corrected chi connectivity index (χ1v) is 11.1. The van der Waals surface area contributed by atoms with Gasteiger partial charge in [-0.05, 0) is 12.1 Å². The molecule has 4 rings (SSSR count). The standard InChI is InChI=1S/C24H24ClFN8/c1-23(2,3)17-15(25)12-30-22(33-17)21-29-10-7-14(32-21)11-24(4,5)18-16(26)13-31-20(34-18)19-27-8-6-9-28-19/h6-10,12-13H,11H2,1-5H3. The SMILES string of the molecule is CC(C)(C)c1nc(-c2nccc(CC(C)(C)c3nc(-c4ncccn4)ncc3F)n2)ncc1Cl. The van der Waals surface area contributed by atoms with Crippen molar-refractivity contribution in [1.82, 2.24) is 39.9 Å². The highest BCUT2D eigenvalue weighted by molar-refractivity contribution is 6.31. The van der Waals surface area contributed by atoms with Crippen molar-refractivity contribution in [2.24, 2.45) is 0 Å². The Balaban J connectivity index is 1.66. The molecular formula is C24H24ClFN8. The summed E-state index contributed by atoms with van der Waals surface area (Å²) in [5.74, 6) is 0.841. The smallest absolute Gasteiger partial charge is 0.198 e. The maximum atomic E-state index is 14.8. The fourth-order valence-corrected chi connectivity index (χ4v) is 3.88. The van der Waals surface area contributed by atoms with Gasteiger partial charge in [0.25, 0.3) is 0 Å². The van der Waals surface area contributed by atoms with Gasteiger partial charge in [-0.15, -0.1) is 0 Å². The van der Waals surface area contributed by atoms with Crippen LogP contribution in [0.2, 0.25) is 5.02 Å². The molecule has 10 heteroatoms. The van der Waals surface area contributed by atoms with Gasteiger partial charge in [0.2, 0.25) is 0 Å². The third kappa shape index (κ3) is 5.04. The summed E-state index contributed by atoms with van der Waals surface area (Å²) >= 11 is 6.30. The lowest BCUT2D eigenvalue weighted by Gasteiger charge is -2.24. The summed E-state index contributed by atoms with van der Waals surface area (Å²) in [6.45, 7) is 9.86. The molecule has 0 aliphatic carbocycles. The average Bonchev–Trinajstić information content (AvgIpc) is 2.79. The van der Waals surface area contributed by atoms with Crippen molar-refractivity contribution in [2.75, 3.05) is 0 Å². The molecule has 0 saturated carbocycles. The van der Waals surface area contributed by atoms with E-state index in [4.69, 9.17) is 11.6 Å². The summed E-state index contributed by atoms with van der Waals surface area (Å²) in [6.07, 6.45) is 7.93. The summed E-state index contributed by atoms with van der Waals surface area (Å²) in [7, 11) is 0. The molecule has 0 N–H and O–H groups in total. The first-order valence-electron chi connectivity index (χ1n) is 10.7. The lowest BCUT2D eigenvalue weighted by atomic mass is 9.83. The Morgan fingerprint density at radius 3 is 2.03 bits per heavy atom. The summed E-state index contributed by atoms with van der Waals surface area (Å²) in [5.41, 5.74) is 0.690. The molecule has 174 valence electrons. The Hall–Kier alpha value is -3.46. The summed E-state index contributed by atoms with van der Waals surface area (Å²) < 4.78 is 14.8. The van der Waals surface area contributed by atoms with E-state index in [1.54, 1.807) is 36.9 Å². The summed E-state index contributed by atoms with van der Waals surface area (Å²) in [5, 5.41) is 0.492. The average molecular weight is 479 g/mol. The largest absolute Gasteiger partial charge is 0.234 e. The first kappa shape index (κ1) is 23.7. The topological polar surface area (TPSA) is 103 Å². The van der Waals surface area contributed by atoms with E-state index in [0.29, 0.717) is 40.3 Å². The molecule has 0 spiro atoms. The molecule has 0 aliphatic heterocycles. The van der Waals surface area contributed by atoms with Crippen LogP contribution < -0.4 is 0 Å². The molecule has 0 amide bonds. The van der Waals surface area contributed by atoms with E-state index >= 15 is 0 Å². The molecule has 4 heterocycles. The second-order valence-corrected chi connectivity index (χ2v) is 9.94.